The van der Waals surface area contributed by atoms with Crippen LogP contribution in [0, 0.1) is 0 Å². The summed E-state index contributed by atoms with van der Waals surface area (Å²) in [5.41, 5.74) is 5.25. The van der Waals surface area contributed by atoms with Gasteiger partial charge in [0.05, 0.1) is 0 Å². The molecule has 6 heteroatoms. The second-order valence-electron chi connectivity index (χ2n) is 3.18. The van der Waals surface area contributed by atoms with E-state index in [-0.39, 0.29) is 0 Å². The summed E-state index contributed by atoms with van der Waals surface area (Å²) in [5, 5.41) is 2.34. The van der Waals surface area contributed by atoms with E-state index in [1.54, 1.807) is 18.2 Å². The number of ether oxygens (including phenoxy) is 2. The van der Waals surface area contributed by atoms with Crippen LogP contribution in [0.4, 0.5) is 5.69 Å². The maximum Gasteiger partial charge on any atom is 0.313 e. The zero-order valence-electron chi connectivity index (χ0n) is 8.36. The molecular formula is C10H10N2O4. The van der Waals surface area contributed by atoms with Gasteiger partial charge in [-0.1, -0.05) is 0 Å². The molecule has 0 unspecified atom stereocenters. The minimum atomic E-state index is -1.03. The molecule has 0 saturated heterocycles. The Balaban J connectivity index is 2.17. The molecule has 2 amide bonds. The van der Waals surface area contributed by atoms with Crippen molar-refractivity contribution in [1.82, 2.24) is 0 Å². The van der Waals surface area contributed by atoms with Gasteiger partial charge in [0.1, 0.15) is 13.2 Å². The van der Waals surface area contributed by atoms with E-state index in [0.29, 0.717) is 30.4 Å². The summed E-state index contributed by atoms with van der Waals surface area (Å²) in [7, 11) is 0. The second-order valence-corrected chi connectivity index (χ2v) is 3.18. The molecule has 0 aliphatic carbocycles. The molecule has 6 nitrogen and oxygen atoms in total. The van der Waals surface area contributed by atoms with Crippen molar-refractivity contribution in [3.8, 4) is 11.5 Å². The fourth-order valence-electron chi connectivity index (χ4n) is 1.31. The lowest BCUT2D eigenvalue weighted by atomic mass is 10.2. The number of rotatable bonds is 1. The summed E-state index contributed by atoms with van der Waals surface area (Å²) in [6.45, 7) is 0.959. The van der Waals surface area contributed by atoms with Crippen LogP contribution in [0.2, 0.25) is 0 Å². The molecular weight excluding hydrogens is 212 g/mol. The summed E-state index contributed by atoms with van der Waals surface area (Å²) in [6.07, 6.45) is 0. The quantitative estimate of drug-likeness (QED) is 0.648. The number of benzene rings is 1. The lowest BCUT2D eigenvalue weighted by Gasteiger charge is -2.18. The normalized spacial score (nSPS) is 13.0. The van der Waals surface area contributed by atoms with Gasteiger partial charge in [0, 0.05) is 11.8 Å². The van der Waals surface area contributed by atoms with E-state index in [9.17, 15) is 9.59 Å². The number of carbonyl (C=O) groups excluding carboxylic acids is 2. The Kier molecular flexibility index (Phi) is 2.63. The van der Waals surface area contributed by atoms with Gasteiger partial charge in [-0.15, -0.1) is 0 Å². The van der Waals surface area contributed by atoms with E-state index < -0.39 is 11.8 Å². The SMILES string of the molecule is NC(=O)C(=O)Nc1ccc2c(c1)OCCO2. The van der Waals surface area contributed by atoms with Gasteiger partial charge in [0.25, 0.3) is 0 Å². The third-order valence-electron chi connectivity index (χ3n) is 2.02. The summed E-state index contributed by atoms with van der Waals surface area (Å²) < 4.78 is 10.6. The third-order valence-corrected chi connectivity index (χ3v) is 2.02. The Bertz CT molecular complexity index is 444. The molecule has 84 valence electrons. The minimum absolute atomic E-state index is 0.438. The van der Waals surface area contributed by atoms with Crippen LogP contribution < -0.4 is 20.5 Å². The van der Waals surface area contributed by atoms with Crippen molar-refractivity contribution < 1.29 is 19.1 Å². The Morgan fingerprint density at radius 1 is 1.19 bits per heavy atom. The monoisotopic (exact) mass is 222 g/mol. The summed E-state index contributed by atoms with van der Waals surface area (Å²) in [5.74, 6) is -0.747. The predicted octanol–water partition coefficient (Wildman–Crippen LogP) is -0.118. The number of anilines is 1. The first-order valence-corrected chi connectivity index (χ1v) is 4.67. The molecule has 0 saturated carbocycles. The highest BCUT2D eigenvalue weighted by Crippen LogP contribution is 2.32. The number of carbonyl (C=O) groups is 2. The van der Waals surface area contributed by atoms with E-state index in [4.69, 9.17) is 15.2 Å². The van der Waals surface area contributed by atoms with Gasteiger partial charge in [-0.2, -0.15) is 0 Å². The van der Waals surface area contributed by atoms with Crippen molar-refractivity contribution in [2.45, 2.75) is 0 Å². The van der Waals surface area contributed by atoms with Crippen molar-refractivity contribution in [3.63, 3.8) is 0 Å². The van der Waals surface area contributed by atoms with Gasteiger partial charge >= 0.3 is 11.8 Å². The van der Waals surface area contributed by atoms with Crippen molar-refractivity contribution in [3.05, 3.63) is 18.2 Å². The van der Waals surface area contributed by atoms with E-state index >= 15 is 0 Å². The average Bonchev–Trinajstić information content (AvgIpc) is 2.28. The molecule has 0 atom stereocenters. The highest BCUT2D eigenvalue weighted by molar-refractivity contribution is 6.39. The Morgan fingerprint density at radius 3 is 2.56 bits per heavy atom. The summed E-state index contributed by atoms with van der Waals surface area (Å²) in [4.78, 5) is 21.6. The van der Waals surface area contributed by atoms with E-state index in [0.717, 1.165) is 0 Å². The van der Waals surface area contributed by atoms with Crippen molar-refractivity contribution in [1.29, 1.82) is 0 Å². The number of fused-ring (bicyclic) bond motifs is 1. The van der Waals surface area contributed by atoms with Crippen LogP contribution in [0.5, 0.6) is 11.5 Å². The van der Waals surface area contributed by atoms with Crippen molar-refractivity contribution >= 4 is 17.5 Å². The topological polar surface area (TPSA) is 90.7 Å². The smallest absolute Gasteiger partial charge is 0.313 e. The molecule has 1 heterocycles. The number of nitrogens with one attached hydrogen (secondary N) is 1. The first kappa shape index (κ1) is 10.3. The van der Waals surface area contributed by atoms with Gasteiger partial charge in [-0.3, -0.25) is 9.59 Å². The second kappa shape index (κ2) is 4.09. The van der Waals surface area contributed by atoms with E-state index in [1.165, 1.54) is 0 Å². The first-order chi connectivity index (χ1) is 7.66. The summed E-state index contributed by atoms with van der Waals surface area (Å²) in [6, 6.07) is 4.84. The highest BCUT2D eigenvalue weighted by Gasteiger charge is 2.14. The molecule has 0 aromatic heterocycles. The number of hydrogen-bond acceptors (Lipinski definition) is 4. The minimum Gasteiger partial charge on any atom is -0.486 e. The maximum absolute atomic E-state index is 11.0. The molecule has 0 fully saturated rings. The molecule has 0 radical (unpaired) electrons. The molecule has 16 heavy (non-hydrogen) atoms. The van der Waals surface area contributed by atoms with Crippen LogP contribution in [-0.2, 0) is 9.59 Å². The van der Waals surface area contributed by atoms with Crippen molar-refractivity contribution in [2.75, 3.05) is 18.5 Å². The van der Waals surface area contributed by atoms with Gasteiger partial charge in [-0.25, -0.2) is 0 Å². The van der Waals surface area contributed by atoms with Gasteiger partial charge < -0.3 is 20.5 Å². The standard InChI is InChI=1S/C10H10N2O4/c11-9(13)10(14)12-6-1-2-7-8(5-6)16-4-3-15-7/h1-2,5H,3-4H2,(H2,11,13)(H,12,14). The van der Waals surface area contributed by atoms with Gasteiger partial charge in [0.2, 0.25) is 0 Å². The Hall–Kier alpha value is -2.24. The molecule has 2 rings (SSSR count). The van der Waals surface area contributed by atoms with Crippen molar-refractivity contribution in [2.24, 2.45) is 5.73 Å². The summed E-state index contributed by atoms with van der Waals surface area (Å²) >= 11 is 0. The first-order valence-electron chi connectivity index (χ1n) is 4.67. The lowest BCUT2D eigenvalue weighted by molar-refractivity contribution is -0.134. The predicted molar refractivity (Wildman–Crippen MR) is 55.3 cm³/mol. The van der Waals surface area contributed by atoms with Gasteiger partial charge in [0.15, 0.2) is 11.5 Å². The Morgan fingerprint density at radius 2 is 1.88 bits per heavy atom. The average molecular weight is 222 g/mol. The zero-order valence-corrected chi connectivity index (χ0v) is 8.36. The molecule has 0 spiro atoms. The Labute approximate surface area is 91.3 Å². The van der Waals surface area contributed by atoms with Gasteiger partial charge in [-0.05, 0) is 12.1 Å². The molecule has 1 aliphatic heterocycles. The van der Waals surface area contributed by atoms with Crippen LogP contribution in [-0.4, -0.2) is 25.0 Å². The largest absolute Gasteiger partial charge is 0.486 e. The molecule has 0 bridgehead atoms. The number of nitrogens with two attached hydrogens (primary N) is 1. The number of amides is 2. The maximum atomic E-state index is 11.0. The van der Waals surface area contributed by atoms with Crippen LogP contribution in [0.1, 0.15) is 0 Å². The lowest BCUT2D eigenvalue weighted by Crippen LogP contribution is -2.29. The van der Waals surface area contributed by atoms with Crippen LogP contribution in [0.15, 0.2) is 18.2 Å². The van der Waals surface area contributed by atoms with E-state index in [1.807, 2.05) is 0 Å². The number of primary amides is 1. The highest BCUT2D eigenvalue weighted by atomic mass is 16.6. The zero-order chi connectivity index (χ0) is 11.5. The van der Waals surface area contributed by atoms with Crippen LogP contribution in [0.25, 0.3) is 0 Å². The third kappa shape index (κ3) is 2.05. The molecule has 3 N–H and O–H groups in total. The fraction of sp³-hybridized carbons (Fsp3) is 0.200. The van der Waals surface area contributed by atoms with Crippen LogP contribution >= 0.6 is 0 Å². The van der Waals surface area contributed by atoms with Crippen LogP contribution in [0.3, 0.4) is 0 Å². The molecule has 1 aromatic rings. The molecule has 1 aliphatic rings. The fourth-order valence-corrected chi connectivity index (χ4v) is 1.31. The van der Waals surface area contributed by atoms with E-state index in [2.05, 4.69) is 5.32 Å². The molecule has 1 aromatic carbocycles. The number of hydrogen-bond donors (Lipinski definition) is 2.